The molecule has 9 nitrogen and oxygen atoms in total. The number of rotatable bonds is 4. The summed E-state index contributed by atoms with van der Waals surface area (Å²) in [5, 5.41) is 41.4. The Morgan fingerprint density at radius 1 is 1.42 bits per heavy atom. The fourth-order valence-corrected chi connectivity index (χ4v) is 4.33. The number of aliphatic hydroxyl groups is 2. The maximum Gasteiger partial charge on any atom is 0.184 e. The summed E-state index contributed by atoms with van der Waals surface area (Å²) in [4.78, 5) is 1.84. The second-order valence-corrected chi connectivity index (χ2v) is 7.94. The second kappa shape index (κ2) is 7.77. The zero-order valence-electron chi connectivity index (χ0n) is 16.6. The molecular weight excluding hydrogens is 403 g/mol. The van der Waals surface area contributed by atoms with Crippen molar-refractivity contribution in [3.05, 3.63) is 52.7 Å². The Morgan fingerprint density at radius 3 is 3.10 bits per heavy atom. The molecular formula is C21H21FN6O3. The highest BCUT2D eigenvalue weighted by molar-refractivity contribution is 5.65. The number of nitrogens with zero attached hydrogens (tertiary/aromatic N) is 5. The summed E-state index contributed by atoms with van der Waals surface area (Å²) in [5.74, 6) is -0.575. The summed E-state index contributed by atoms with van der Waals surface area (Å²) < 4.78 is 20.7. The van der Waals surface area contributed by atoms with Crippen molar-refractivity contribution < 1.29 is 19.1 Å². The molecule has 0 radical (unpaired) electrons. The summed E-state index contributed by atoms with van der Waals surface area (Å²) >= 11 is 0. The van der Waals surface area contributed by atoms with Crippen LogP contribution in [-0.4, -0.2) is 49.6 Å². The molecule has 0 saturated heterocycles. The van der Waals surface area contributed by atoms with Crippen molar-refractivity contribution in [2.24, 2.45) is 5.92 Å². The van der Waals surface area contributed by atoms with Crippen LogP contribution in [0.2, 0.25) is 0 Å². The van der Waals surface area contributed by atoms with Gasteiger partial charge < -0.3 is 20.1 Å². The minimum Gasteiger partial charge on any atom is -0.396 e. The Hall–Kier alpha value is -3.26. The van der Waals surface area contributed by atoms with Crippen LogP contribution in [0.1, 0.15) is 22.4 Å². The Labute approximate surface area is 177 Å². The van der Waals surface area contributed by atoms with Crippen molar-refractivity contribution in [3.63, 3.8) is 0 Å². The first kappa shape index (κ1) is 19.7. The lowest BCUT2D eigenvalue weighted by molar-refractivity contribution is 0.0163. The molecule has 0 aliphatic carbocycles. The van der Waals surface area contributed by atoms with E-state index in [1.54, 1.807) is 12.3 Å². The number of benzene rings is 1. The van der Waals surface area contributed by atoms with Gasteiger partial charge in [0.15, 0.2) is 6.35 Å². The van der Waals surface area contributed by atoms with Crippen molar-refractivity contribution in [2.75, 3.05) is 18.5 Å². The molecule has 5 rings (SSSR count). The molecule has 2 unspecified atom stereocenters. The number of fused-ring (bicyclic) bond motifs is 5. The van der Waals surface area contributed by atoms with Crippen molar-refractivity contribution in [1.29, 1.82) is 5.26 Å². The Kier molecular flexibility index (Phi) is 4.94. The van der Waals surface area contributed by atoms with Crippen LogP contribution in [0.3, 0.4) is 0 Å². The fourth-order valence-electron chi connectivity index (χ4n) is 4.33. The van der Waals surface area contributed by atoms with Gasteiger partial charge >= 0.3 is 0 Å². The van der Waals surface area contributed by atoms with E-state index in [9.17, 15) is 14.6 Å². The van der Waals surface area contributed by atoms with Crippen LogP contribution in [-0.2, 0) is 25.9 Å². The Morgan fingerprint density at radius 2 is 2.29 bits per heavy atom. The molecule has 31 heavy (non-hydrogen) atoms. The lowest BCUT2D eigenvalue weighted by atomic mass is 9.99. The molecule has 2 atom stereocenters. The summed E-state index contributed by atoms with van der Waals surface area (Å²) in [6, 6.07) is 5.85. The Balaban J connectivity index is 1.42. The SMILES string of the molecule is N#Cc1cc(NC(O)N2CCc3nn4c(c3C2)-c2nocc2CC(CO)C4)ccc1F. The van der Waals surface area contributed by atoms with Crippen molar-refractivity contribution >= 4 is 5.69 Å². The third kappa shape index (κ3) is 3.46. The standard InChI is InChI=1S/C21H21FN6O3/c22-17-2-1-15(6-13(17)7-23)24-21(30)27-4-3-18-16(9-27)20-19-14(11-31-26-19)5-12(10-29)8-28(20)25-18/h1-2,6,11-12,21,24,29-30H,3-5,8-10H2. The summed E-state index contributed by atoms with van der Waals surface area (Å²) in [7, 11) is 0. The van der Waals surface area contributed by atoms with Gasteiger partial charge in [0.05, 0.1) is 17.0 Å². The topological polar surface area (TPSA) is 123 Å². The number of hydrogen-bond acceptors (Lipinski definition) is 8. The second-order valence-electron chi connectivity index (χ2n) is 7.94. The molecule has 1 aromatic carbocycles. The highest BCUT2D eigenvalue weighted by atomic mass is 19.1. The predicted octanol–water partition coefficient (Wildman–Crippen LogP) is 1.46. The third-order valence-electron chi connectivity index (χ3n) is 5.92. The van der Waals surface area contributed by atoms with Crippen LogP contribution in [0, 0.1) is 23.1 Å². The van der Waals surface area contributed by atoms with E-state index in [0.29, 0.717) is 38.2 Å². The van der Waals surface area contributed by atoms with Gasteiger partial charge in [-0.3, -0.25) is 9.58 Å². The minimum absolute atomic E-state index is 0.0249. The number of aliphatic hydroxyl groups excluding tert-OH is 2. The van der Waals surface area contributed by atoms with Gasteiger partial charge in [0.25, 0.3) is 0 Å². The van der Waals surface area contributed by atoms with E-state index in [0.717, 1.165) is 28.2 Å². The Bertz CT molecular complexity index is 1170. The van der Waals surface area contributed by atoms with E-state index in [4.69, 9.17) is 14.9 Å². The van der Waals surface area contributed by atoms with E-state index in [1.165, 1.54) is 18.2 Å². The van der Waals surface area contributed by atoms with E-state index < -0.39 is 12.2 Å². The minimum atomic E-state index is -1.03. The van der Waals surface area contributed by atoms with Crippen LogP contribution in [0.25, 0.3) is 11.4 Å². The van der Waals surface area contributed by atoms with Gasteiger partial charge in [-0.25, -0.2) is 4.39 Å². The molecule has 160 valence electrons. The molecule has 3 N–H and O–H groups in total. The van der Waals surface area contributed by atoms with Crippen LogP contribution >= 0.6 is 0 Å². The molecule has 2 aliphatic rings. The first-order valence-corrected chi connectivity index (χ1v) is 10.1. The van der Waals surface area contributed by atoms with Gasteiger partial charge in [0.1, 0.15) is 23.8 Å². The molecule has 0 spiro atoms. The smallest absolute Gasteiger partial charge is 0.184 e. The van der Waals surface area contributed by atoms with Gasteiger partial charge in [-0.2, -0.15) is 10.4 Å². The largest absolute Gasteiger partial charge is 0.396 e. The van der Waals surface area contributed by atoms with Gasteiger partial charge in [-0.1, -0.05) is 5.16 Å². The normalized spacial score (nSPS) is 19.0. The predicted molar refractivity (Wildman–Crippen MR) is 107 cm³/mol. The highest BCUT2D eigenvalue weighted by Crippen LogP contribution is 2.36. The molecule has 10 heteroatoms. The van der Waals surface area contributed by atoms with E-state index in [2.05, 4.69) is 10.5 Å². The molecule has 4 heterocycles. The lowest BCUT2D eigenvalue weighted by Crippen LogP contribution is -2.43. The van der Waals surface area contributed by atoms with Crippen LogP contribution in [0.5, 0.6) is 0 Å². The van der Waals surface area contributed by atoms with E-state index >= 15 is 0 Å². The molecule has 3 aromatic rings. The first-order valence-electron chi connectivity index (χ1n) is 10.1. The van der Waals surface area contributed by atoms with Gasteiger partial charge in [0.2, 0.25) is 0 Å². The van der Waals surface area contributed by atoms with Gasteiger partial charge in [-0.05, 0) is 24.6 Å². The number of nitriles is 1. The average molecular weight is 424 g/mol. The van der Waals surface area contributed by atoms with Crippen molar-refractivity contribution in [1.82, 2.24) is 19.8 Å². The molecule has 0 saturated carbocycles. The third-order valence-corrected chi connectivity index (χ3v) is 5.92. The number of anilines is 1. The van der Waals surface area contributed by atoms with Gasteiger partial charge in [0, 0.05) is 55.4 Å². The lowest BCUT2D eigenvalue weighted by Gasteiger charge is -2.31. The summed E-state index contributed by atoms with van der Waals surface area (Å²) in [6.07, 6.45) is 1.88. The number of halogens is 1. The van der Waals surface area contributed by atoms with Gasteiger partial charge in [-0.15, -0.1) is 0 Å². The van der Waals surface area contributed by atoms with Crippen LogP contribution < -0.4 is 5.32 Å². The maximum absolute atomic E-state index is 13.6. The zero-order valence-corrected chi connectivity index (χ0v) is 16.6. The van der Waals surface area contributed by atoms with Crippen molar-refractivity contribution in [3.8, 4) is 17.5 Å². The maximum atomic E-state index is 13.6. The fraction of sp³-hybridized carbons (Fsp3) is 0.381. The average Bonchev–Trinajstić information content (AvgIpc) is 3.33. The molecule has 0 amide bonds. The van der Waals surface area contributed by atoms with Crippen LogP contribution in [0.15, 0.2) is 29.0 Å². The monoisotopic (exact) mass is 424 g/mol. The molecule has 0 fully saturated rings. The summed E-state index contributed by atoms with van der Waals surface area (Å²) in [6.45, 7) is 1.63. The van der Waals surface area contributed by atoms with Crippen molar-refractivity contribution in [2.45, 2.75) is 32.3 Å². The number of nitrogens with one attached hydrogen (secondary N) is 1. The van der Waals surface area contributed by atoms with E-state index in [1.807, 2.05) is 9.58 Å². The highest BCUT2D eigenvalue weighted by Gasteiger charge is 2.33. The first-order chi connectivity index (χ1) is 15.1. The molecule has 0 bridgehead atoms. The molecule has 2 aliphatic heterocycles. The quantitative estimate of drug-likeness (QED) is 0.538. The summed E-state index contributed by atoms with van der Waals surface area (Å²) in [5.41, 5.74) is 4.81. The van der Waals surface area contributed by atoms with Crippen LogP contribution in [0.4, 0.5) is 10.1 Å². The molecule has 2 aromatic heterocycles. The zero-order chi connectivity index (χ0) is 21.5. The van der Waals surface area contributed by atoms with E-state index in [-0.39, 0.29) is 18.1 Å². The number of aromatic nitrogens is 3. The number of hydrogen-bond donors (Lipinski definition) is 3.